The van der Waals surface area contributed by atoms with E-state index in [0.29, 0.717) is 6.04 Å². The van der Waals surface area contributed by atoms with Crippen molar-refractivity contribution in [3.63, 3.8) is 0 Å². The van der Waals surface area contributed by atoms with Crippen molar-refractivity contribution < 1.29 is 4.74 Å². The van der Waals surface area contributed by atoms with Crippen LogP contribution in [0.5, 0.6) is 0 Å². The summed E-state index contributed by atoms with van der Waals surface area (Å²) in [6.45, 7) is 7.01. The van der Waals surface area contributed by atoms with Gasteiger partial charge in [-0.25, -0.2) is 0 Å². The topological polar surface area (TPSA) is 27.7 Å². The van der Waals surface area contributed by atoms with E-state index in [1.165, 1.54) is 24.2 Å². The molecule has 2 saturated heterocycles. The first-order valence-corrected chi connectivity index (χ1v) is 8.56. The van der Waals surface area contributed by atoms with E-state index < -0.39 is 0 Å². The number of rotatable bonds is 4. The van der Waals surface area contributed by atoms with E-state index >= 15 is 0 Å². The Morgan fingerprint density at radius 1 is 1.27 bits per heavy atom. The Labute approximate surface area is 147 Å². The van der Waals surface area contributed by atoms with Gasteiger partial charge in [0.2, 0.25) is 0 Å². The van der Waals surface area contributed by atoms with E-state index in [2.05, 4.69) is 56.3 Å². The monoisotopic (exact) mass is 389 g/mol. The molecule has 0 radical (unpaired) electrons. The molecule has 0 amide bonds. The SMILES string of the molecule is CNC1CCN(Cc2ccc(Br)cc2N2CCOCC2)C1.Cl. The highest BCUT2D eigenvalue weighted by Crippen LogP contribution is 2.28. The van der Waals surface area contributed by atoms with Crippen molar-refractivity contribution in [3.05, 3.63) is 28.2 Å². The van der Waals surface area contributed by atoms with E-state index in [9.17, 15) is 0 Å². The molecule has 0 aliphatic carbocycles. The van der Waals surface area contributed by atoms with Crippen molar-refractivity contribution in [1.29, 1.82) is 0 Å². The van der Waals surface area contributed by atoms with E-state index in [1.807, 2.05) is 0 Å². The third-order valence-electron chi connectivity index (χ3n) is 4.47. The van der Waals surface area contributed by atoms with Crippen molar-refractivity contribution >= 4 is 34.0 Å². The van der Waals surface area contributed by atoms with Gasteiger partial charge in [0.25, 0.3) is 0 Å². The third-order valence-corrected chi connectivity index (χ3v) is 4.97. The number of morpholine rings is 1. The highest BCUT2D eigenvalue weighted by atomic mass is 79.9. The van der Waals surface area contributed by atoms with Crippen LogP contribution >= 0.6 is 28.3 Å². The second-order valence-electron chi connectivity index (χ2n) is 5.88. The summed E-state index contributed by atoms with van der Waals surface area (Å²) in [4.78, 5) is 5.00. The van der Waals surface area contributed by atoms with Gasteiger partial charge in [0.15, 0.2) is 0 Å². The third kappa shape index (κ3) is 4.36. The molecule has 3 rings (SSSR count). The van der Waals surface area contributed by atoms with Crippen LogP contribution in [0.2, 0.25) is 0 Å². The summed E-state index contributed by atoms with van der Waals surface area (Å²) in [7, 11) is 2.06. The zero-order valence-electron chi connectivity index (χ0n) is 13.1. The first kappa shape index (κ1) is 18.0. The zero-order valence-corrected chi connectivity index (χ0v) is 15.5. The number of nitrogens with zero attached hydrogens (tertiary/aromatic N) is 2. The Bertz CT molecular complexity index is 482. The lowest BCUT2D eigenvalue weighted by atomic mass is 10.1. The minimum atomic E-state index is 0. The van der Waals surface area contributed by atoms with Gasteiger partial charge in [0.1, 0.15) is 0 Å². The number of halogens is 2. The predicted octanol–water partition coefficient (Wildman–Crippen LogP) is 2.50. The summed E-state index contributed by atoms with van der Waals surface area (Å²) >= 11 is 3.61. The summed E-state index contributed by atoms with van der Waals surface area (Å²) in [5, 5.41) is 3.39. The maximum atomic E-state index is 5.48. The summed E-state index contributed by atoms with van der Waals surface area (Å²) in [5.41, 5.74) is 2.79. The molecule has 6 heteroatoms. The molecule has 1 atom stereocenters. The molecule has 4 nitrogen and oxygen atoms in total. The van der Waals surface area contributed by atoms with Crippen LogP contribution in [0.4, 0.5) is 5.69 Å². The largest absolute Gasteiger partial charge is 0.378 e. The summed E-state index contributed by atoms with van der Waals surface area (Å²) in [6.07, 6.45) is 1.25. The van der Waals surface area contributed by atoms with E-state index in [1.54, 1.807) is 0 Å². The van der Waals surface area contributed by atoms with E-state index in [0.717, 1.165) is 43.9 Å². The molecule has 22 heavy (non-hydrogen) atoms. The normalized spacial score (nSPS) is 22.6. The van der Waals surface area contributed by atoms with Crippen LogP contribution in [0.25, 0.3) is 0 Å². The van der Waals surface area contributed by atoms with Gasteiger partial charge in [0.05, 0.1) is 13.2 Å². The molecule has 1 N–H and O–H groups in total. The van der Waals surface area contributed by atoms with Gasteiger partial charge in [-0.1, -0.05) is 22.0 Å². The Kier molecular flexibility index (Phi) is 6.96. The van der Waals surface area contributed by atoms with Crippen LogP contribution in [0, 0.1) is 0 Å². The number of likely N-dealkylation sites (tertiary alicyclic amines) is 1. The van der Waals surface area contributed by atoms with Gasteiger partial charge >= 0.3 is 0 Å². The number of anilines is 1. The molecule has 2 aliphatic heterocycles. The summed E-state index contributed by atoms with van der Waals surface area (Å²) in [5.74, 6) is 0. The molecule has 124 valence electrons. The van der Waals surface area contributed by atoms with Crippen LogP contribution in [0.15, 0.2) is 22.7 Å². The molecule has 0 saturated carbocycles. The molecule has 1 aromatic carbocycles. The fourth-order valence-corrected chi connectivity index (χ4v) is 3.57. The lowest BCUT2D eigenvalue weighted by Crippen LogP contribution is -2.37. The first-order valence-electron chi connectivity index (χ1n) is 7.77. The van der Waals surface area contributed by atoms with Crippen molar-refractivity contribution in [2.45, 2.75) is 19.0 Å². The van der Waals surface area contributed by atoms with Crippen molar-refractivity contribution in [1.82, 2.24) is 10.2 Å². The van der Waals surface area contributed by atoms with E-state index in [4.69, 9.17) is 4.74 Å². The van der Waals surface area contributed by atoms with Crippen LogP contribution in [-0.4, -0.2) is 57.4 Å². The highest BCUT2D eigenvalue weighted by Gasteiger charge is 2.23. The van der Waals surface area contributed by atoms with Gasteiger partial charge in [-0.05, 0) is 31.2 Å². The average Bonchev–Trinajstić information content (AvgIpc) is 2.98. The molecule has 0 aromatic heterocycles. The Hall–Kier alpha value is -0.330. The van der Waals surface area contributed by atoms with Gasteiger partial charge in [0, 0.05) is 48.9 Å². The molecular formula is C16H25BrClN3O. The number of hydrogen-bond acceptors (Lipinski definition) is 4. The average molecular weight is 391 g/mol. The highest BCUT2D eigenvalue weighted by molar-refractivity contribution is 9.10. The van der Waals surface area contributed by atoms with Gasteiger partial charge in [-0.2, -0.15) is 0 Å². The molecule has 1 aromatic rings. The number of benzene rings is 1. The maximum absolute atomic E-state index is 5.48. The summed E-state index contributed by atoms with van der Waals surface area (Å²) in [6, 6.07) is 7.32. The zero-order chi connectivity index (χ0) is 14.7. The second-order valence-corrected chi connectivity index (χ2v) is 6.80. The quantitative estimate of drug-likeness (QED) is 0.855. The molecule has 1 unspecified atom stereocenters. The van der Waals surface area contributed by atoms with Crippen LogP contribution in [-0.2, 0) is 11.3 Å². The Morgan fingerprint density at radius 3 is 2.73 bits per heavy atom. The lowest BCUT2D eigenvalue weighted by molar-refractivity contribution is 0.122. The van der Waals surface area contributed by atoms with E-state index in [-0.39, 0.29) is 12.4 Å². The number of likely N-dealkylation sites (N-methyl/N-ethyl adjacent to an activating group) is 1. The number of ether oxygens (including phenoxy) is 1. The van der Waals surface area contributed by atoms with Gasteiger partial charge in [-0.3, -0.25) is 4.90 Å². The van der Waals surface area contributed by atoms with Crippen LogP contribution in [0.3, 0.4) is 0 Å². The van der Waals surface area contributed by atoms with Crippen molar-refractivity contribution in [2.24, 2.45) is 0 Å². The molecule has 0 bridgehead atoms. The molecule has 2 heterocycles. The Balaban J connectivity index is 0.00000176. The minimum Gasteiger partial charge on any atom is -0.378 e. The van der Waals surface area contributed by atoms with Crippen LogP contribution in [0.1, 0.15) is 12.0 Å². The first-order chi connectivity index (χ1) is 10.3. The summed E-state index contributed by atoms with van der Waals surface area (Å²) < 4.78 is 6.64. The van der Waals surface area contributed by atoms with Gasteiger partial charge in [-0.15, -0.1) is 12.4 Å². The van der Waals surface area contributed by atoms with Crippen LogP contribution < -0.4 is 10.2 Å². The minimum absolute atomic E-state index is 0. The van der Waals surface area contributed by atoms with Gasteiger partial charge < -0.3 is 15.0 Å². The Morgan fingerprint density at radius 2 is 2.05 bits per heavy atom. The lowest BCUT2D eigenvalue weighted by Gasteiger charge is -2.31. The fourth-order valence-electron chi connectivity index (χ4n) is 3.22. The number of nitrogens with one attached hydrogen (secondary N) is 1. The van der Waals surface area contributed by atoms with Crippen molar-refractivity contribution in [3.8, 4) is 0 Å². The molecular weight excluding hydrogens is 366 g/mol. The molecule has 2 fully saturated rings. The number of hydrogen-bond donors (Lipinski definition) is 1. The molecule has 0 spiro atoms. The smallest absolute Gasteiger partial charge is 0.0642 e. The fraction of sp³-hybridized carbons (Fsp3) is 0.625. The standard InChI is InChI=1S/C16H24BrN3O.ClH/c1-18-15-4-5-19(12-15)11-13-2-3-14(17)10-16(13)20-6-8-21-9-7-20;/h2-3,10,15,18H,4-9,11-12H2,1H3;1H. The second kappa shape index (κ2) is 8.50. The maximum Gasteiger partial charge on any atom is 0.0642 e. The molecule has 2 aliphatic rings. The van der Waals surface area contributed by atoms with Crippen molar-refractivity contribution in [2.75, 3.05) is 51.3 Å². The predicted molar refractivity (Wildman–Crippen MR) is 97.2 cm³/mol.